The van der Waals surface area contributed by atoms with Crippen molar-refractivity contribution in [1.82, 2.24) is 9.55 Å². The van der Waals surface area contributed by atoms with Crippen LogP contribution in [0.2, 0.25) is 0 Å². The first-order valence-electron chi connectivity index (χ1n) is 7.51. The molecule has 1 aromatic heterocycles. The Kier molecular flexibility index (Phi) is 3.78. The van der Waals surface area contributed by atoms with Crippen molar-refractivity contribution in [2.45, 2.75) is 72.4 Å². The van der Waals surface area contributed by atoms with Crippen LogP contribution in [-0.2, 0) is 0 Å². The highest BCUT2D eigenvalue weighted by Crippen LogP contribution is 2.50. The van der Waals surface area contributed by atoms with Gasteiger partial charge >= 0.3 is 0 Å². The highest BCUT2D eigenvalue weighted by molar-refractivity contribution is 5.07. The quantitative estimate of drug-likeness (QED) is 0.893. The average molecular weight is 263 g/mol. The van der Waals surface area contributed by atoms with Crippen LogP contribution in [0.25, 0.3) is 0 Å². The van der Waals surface area contributed by atoms with Gasteiger partial charge in [-0.2, -0.15) is 0 Å². The summed E-state index contributed by atoms with van der Waals surface area (Å²) in [5.41, 5.74) is 8.20. The smallest absolute Gasteiger partial charge is 0.0951 e. The molecule has 2 N–H and O–H groups in total. The van der Waals surface area contributed by atoms with Crippen LogP contribution in [-0.4, -0.2) is 9.55 Å². The maximum Gasteiger partial charge on any atom is 0.0951 e. The first-order chi connectivity index (χ1) is 8.74. The molecule has 1 saturated carbocycles. The second-order valence-electron chi connectivity index (χ2n) is 7.81. The Bertz CT molecular complexity index is 415. The summed E-state index contributed by atoms with van der Waals surface area (Å²) in [5, 5.41) is 0. The summed E-state index contributed by atoms with van der Waals surface area (Å²) < 4.78 is 2.34. The van der Waals surface area contributed by atoms with E-state index in [1.54, 1.807) is 0 Å². The molecule has 0 aromatic carbocycles. The minimum Gasteiger partial charge on any atom is -0.330 e. The molecule has 0 amide bonds. The van der Waals surface area contributed by atoms with Gasteiger partial charge in [-0.15, -0.1) is 0 Å². The van der Waals surface area contributed by atoms with Gasteiger partial charge in [-0.25, -0.2) is 4.98 Å². The number of aromatic nitrogens is 2. The van der Waals surface area contributed by atoms with Crippen molar-refractivity contribution >= 4 is 0 Å². The van der Waals surface area contributed by atoms with Crippen molar-refractivity contribution in [2.24, 2.45) is 16.6 Å². The molecule has 0 aliphatic heterocycles. The first-order valence-corrected chi connectivity index (χ1v) is 7.51. The van der Waals surface area contributed by atoms with Crippen molar-refractivity contribution in [3.63, 3.8) is 0 Å². The summed E-state index contributed by atoms with van der Waals surface area (Å²) in [6, 6.07) is 0.643. The van der Waals surface area contributed by atoms with Gasteiger partial charge in [0, 0.05) is 18.3 Å². The molecule has 1 aliphatic rings. The molecule has 108 valence electrons. The summed E-state index contributed by atoms with van der Waals surface area (Å²) >= 11 is 0. The van der Waals surface area contributed by atoms with E-state index in [-0.39, 0.29) is 6.04 Å². The summed E-state index contributed by atoms with van der Waals surface area (Å²) in [5.74, 6) is 0. The fourth-order valence-electron chi connectivity index (χ4n) is 4.10. The van der Waals surface area contributed by atoms with E-state index in [9.17, 15) is 0 Å². The van der Waals surface area contributed by atoms with Crippen LogP contribution in [0.15, 0.2) is 12.5 Å². The normalized spacial score (nSPS) is 24.3. The lowest BCUT2D eigenvalue weighted by atomic mass is 9.63. The lowest BCUT2D eigenvalue weighted by molar-refractivity contribution is 0.0708. The SMILES string of the molecule is CC[C@@H](N)c1cncn1C1CC(C)(C)CC(C)(C)C1. The zero-order valence-electron chi connectivity index (χ0n) is 13.1. The zero-order chi connectivity index (χ0) is 14.3. The molecule has 3 heteroatoms. The molecule has 1 atom stereocenters. The van der Waals surface area contributed by atoms with Crippen LogP contribution >= 0.6 is 0 Å². The molecule has 1 fully saturated rings. The topological polar surface area (TPSA) is 43.8 Å². The molecule has 1 aromatic rings. The predicted octanol–water partition coefficient (Wildman–Crippen LogP) is 4.07. The largest absolute Gasteiger partial charge is 0.330 e. The first kappa shape index (κ1) is 14.6. The summed E-state index contributed by atoms with van der Waals surface area (Å²) in [6.07, 6.45) is 8.62. The molecule has 0 spiro atoms. The lowest BCUT2D eigenvalue weighted by Crippen LogP contribution is -2.35. The van der Waals surface area contributed by atoms with Crippen molar-refractivity contribution in [3.05, 3.63) is 18.2 Å². The van der Waals surface area contributed by atoms with Gasteiger partial charge in [0.25, 0.3) is 0 Å². The van der Waals surface area contributed by atoms with E-state index in [0.29, 0.717) is 16.9 Å². The van der Waals surface area contributed by atoms with Crippen LogP contribution in [0, 0.1) is 10.8 Å². The molecule has 0 saturated heterocycles. The van der Waals surface area contributed by atoms with Gasteiger partial charge in [-0.3, -0.25) is 0 Å². The van der Waals surface area contributed by atoms with E-state index in [0.717, 1.165) is 6.42 Å². The molecular formula is C16H29N3. The molecule has 3 nitrogen and oxygen atoms in total. The fraction of sp³-hybridized carbons (Fsp3) is 0.812. The molecule has 0 unspecified atom stereocenters. The molecule has 1 aliphatic carbocycles. The Morgan fingerprint density at radius 2 is 1.89 bits per heavy atom. The molecule has 0 bridgehead atoms. The van der Waals surface area contributed by atoms with Crippen LogP contribution < -0.4 is 5.73 Å². The van der Waals surface area contributed by atoms with Crippen LogP contribution in [0.4, 0.5) is 0 Å². The highest BCUT2D eigenvalue weighted by atomic mass is 15.1. The second-order valence-corrected chi connectivity index (χ2v) is 7.81. The summed E-state index contributed by atoms with van der Waals surface area (Å²) in [7, 11) is 0. The van der Waals surface area contributed by atoms with Gasteiger partial charge in [0.05, 0.1) is 12.0 Å². The van der Waals surface area contributed by atoms with Crippen molar-refractivity contribution in [2.75, 3.05) is 0 Å². The van der Waals surface area contributed by atoms with Gasteiger partial charge in [0.2, 0.25) is 0 Å². The number of rotatable bonds is 3. The van der Waals surface area contributed by atoms with Gasteiger partial charge in [-0.1, -0.05) is 34.6 Å². The average Bonchev–Trinajstić information content (AvgIpc) is 2.72. The van der Waals surface area contributed by atoms with E-state index < -0.39 is 0 Å². The minimum atomic E-state index is 0.107. The number of hydrogen-bond donors (Lipinski definition) is 1. The third kappa shape index (κ3) is 3.19. The third-order valence-electron chi connectivity index (χ3n) is 4.44. The van der Waals surface area contributed by atoms with Crippen molar-refractivity contribution in [3.8, 4) is 0 Å². The van der Waals surface area contributed by atoms with Crippen molar-refractivity contribution < 1.29 is 0 Å². The second kappa shape index (κ2) is 4.93. The Morgan fingerprint density at radius 3 is 2.42 bits per heavy atom. The Morgan fingerprint density at radius 1 is 1.32 bits per heavy atom. The van der Waals surface area contributed by atoms with E-state index in [2.05, 4.69) is 44.2 Å². The maximum atomic E-state index is 6.22. The Labute approximate surface area is 117 Å². The van der Waals surface area contributed by atoms with Gasteiger partial charge < -0.3 is 10.3 Å². The highest BCUT2D eigenvalue weighted by Gasteiger charge is 2.39. The Hall–Kier alpha value is -0.830. The lowest BCUT2D eigenvalue weighted by Gasteiger charge is -2.45. The number of hydrogen-bond acceptors (Lipinski definition) is 2. The monoisotopic (exact) mass is 263 g/mol. The standard InChI is InChI=1S/C16H29N3/c1-6-13(17)14-9-18-11-19(14)12-7-15(2,3)10-16(4,5)8-12/h9,11-13H,6-8,10,17H2,1-5H3/t13-/m1/s1. The van der Waals surface area contributed by atoms with Gasteiger partial charge in [0.15, 0.2) is 0 Å². The van der Waals surface area contributed by atoms with E-state index >= 15 is 0 Å². The molecule has 0 radical (unpaired) electrons. The van der Waals surface area contributed by atoms with Crippen LogP contribution in [0.1, 0.15) is 78.1 Å². The summed E-state index contributed by atoms with van der Waals surface area (Å²) in [6.45, 7) is 11.7. The molecule has 19 heavy (non-hydrogen) atoms. The van der Waals surface area contributed by atoms with Crippen molar-refractivity contribution in [1.29, 1.82) is 0 Å². The maximum absolute atomic E-state index is 6.22. The fourth-order valence-corrected chi connectivity index (χ4v) is 4.10. The predicted molar refractivity (Wildman–Crippen MR) is 79.9 cm³/mol. The zero-order valence-corrected chi connectivity index (χ0v) is 13.1. The van der Waals surface area contributed by atoms with E-state index in [1.165, 1.54) is 25.0 Å². The molecule has 2 rings (SSSR count). The number of imidazole rings is 1. The van der Waals surface area contributed by atoms with Gasteiger partial charge in [-0.05, 0) is 36.5 Å². The van der Waals surface area contributed by atoms with E-state index in [1.807, 2.05) is 12.5 Å². The minimum absolute atomic E-state index is 0.107. The Balaban J connectivity index is 2.29. The van der Waals surface area contributed by atoms with Crippen LogP contribution in [0.5, 0.6) is 0 Å². The van der Waals surface area contributed by atoms with E-state index in [4.69, 9.17) is 5.73 Å². The molecular weight excluding hydrogens is 234 g/mol. The number of nitrogens with zero attached hydrogens (tertiary/aromatic N) is 2. The summed E-state index contributed by atoms with van der Waals surface area (Å²) in [4.78, 5) is 4.34. The van der Waals surface area contributed by atoms with Gasteiger partial charge in [0.1, 0.15) is 0 Å². The van der Waals surface area contributed by atoms with Crippen LogP contribution in [0.3, 0.4) is 0 Å². The number of nitrogens with two attached hydrogens (primary N) is 1. The molecule has 1 heterocycles. The third-order valence-corrected chi connectivity index (χ3v) is 4.44.